The minimum Gasteiger partial charge on any atom is -0.481 e. The van der Waals surface area contributed by atoms with E-state index in [9.17, 15) is 15.0 Å². The van der Waals surface area contributed by atoms with Crippen LogP contribution in [0.2, 0.25) is 0 Å². The van der Waals surface area contributed by atoms with Crippen LogP contribution in [-0.2, 0) is 4.79 Å². The minimum absolute atomic E-state index is 0.195. The highest BCUT2D eigenvalue weighted by Gasteiger charge is 2.64. The summed E-state index contributed by atoms with van der Waals surface area (Å²) in [6, 6.07) is 0. The topological polar surface area (TPSA) is 77.8 Å². The Morgan fingerprint density at radius 3 is 2.34 bits per heavy atom. The van der Waals surface area contributed by atoms with Crippen LogP contribution in [-0.4, -0.2) is 33.5 Å². The van der Waals surface area contributed by atoms with E-state index in [0.29, 0.717) is 35.5 Å². The van der Waals surface area contributed by atoms with E-state index >= 15 is 0 Å². The summed E-state index contributed by atoms with van der Waals surface area (Å²) in [5, 5.41) is 31.0. The zero-order valence-electron chi connectivity index (χ0n) is 18.8. The van der Waals surface area contributed by atoms with Crippen LogP contribution in [0.4, 0.5) is 0 Å². The first kappa shape index (κ1) is 21.6. The molecule has 166 valence electrons. The van der Waals surface area contributed by atoms with Crippen LogP contribution in [0.25, 0.3) is 0 Å². The number of fused-ring (bicyclic) bond motifs is 5. The van der Waals surface area contributed by atoms with Crippen molar-refractivity contribution >= 4 is 5.97 Å². The van der Waals surface area contributed by atoms with Crippen molar-refractivity contribution in [2.45, 2.75) is 97.7 Å². The molecule has 4 nitrogen and oxygen atoms in total. The van der Waals surface area contributed by atoms with Crippen LogP contribution in [0.5, 0.6) is 0 Å². The largest absolute Gasteiger partial charge is 0.481 e. The molecule has 0 heterocycles. The van der Waals surface area contributed by atoms with Gasteiger partial charge in [0.25, 0.3) is 0 Å². The maximum absolute atomic E-state index is 11.5. The van der Waals surface area contributed by atoms with Crippen LogP contribution in [0.15, 0.2) is 0 Å². The second-order valence-electron chi connectivity index (χ2n) is 11.8. The number of carboxylic acids is 1. The van der Waals surface area contributed by atoms with E-state index in [4.69, 9.17) is 5.11 Å². The van der Waals surface area contributed by atoms with Crippen molar-refractivity contribution in [3.05, 3.63) is 0 Å². The average molecular weight is 407 g/mol. The molecular weight excluding hydrogens is 364 g/mol. The van der Waals surface area contributed by atoms with Gasteiger partial charge >= 0.3 is 5.97 Å². The highest BCUT2D eigenvalue weighted by molar-refractivity contribution is 5.66. The number of aliphatic hydroxyl groups excluding tert-OH is 2. The van der Waals surface area contributed by atoms with Crippen LogP contribution in [0, 0.1) is 52.3 Å². The van der Waals surface area contributed by atoms with Crippen molar-refractivity contribution in [3.8, 4) is 0 Å². The number of rotatable bonds is 4. The van der Waals surface area contributed by atoms with E-state index in [2.05, 4.69) is 27.7 Å². The van der Waals surface area contributed by atoms with E-state index in [0.717, 1.165) is 25.7 Å². The molecule has 0 aromatic rings. The van der Waals surface area contributed by atoms with Gasteiger partial charge in [0.1, 0.15) is 0 Å². The average Bonchev–Trinajstić information content (AvgIpc) is 3.02. The molecule has 29 heavy (non-hydrogen) atoms. The van der Waals surface area contributed by atoms with Crippen molar-refractivity contribution in [1.29, 1.82) is 0 Å². The Balaban J connectivity index is 1.59. The van der Waals surface area contributed by atoms with Gasteiger partial charge in [-0.05, 0) is 104 Å². The molecule has 0 amide bonds. The fourth-order valence-electron chi connectivity index (χ4n) is 9.18. The normalized spacial score (nSPS) is 52.9. The van der Waals surface area contributed by atoms with Crippen molar-refractivity contribution in [2.24, 2.45) is 52.3 Å². The molecule has 0 saturated heterocycles. The summed E-state index contributed by atoms with van der Waals surface area (Å²) in [4.78, 5) is 11.1. The van der Waals surface area contributed by atoms with Gasteiger partial charge in [-0.2, -0.15) is 0 Å². The summed E-state index contributed by atoms with van der Waals surface area (Å²) in [5.74, 6) is 2.50. The predicted octanol–water partition coefficient (Wildman–Crippen LogP) is 4.72. The molecule has 4 saturated carbocycles. The van der Waals surface area contributed by atoms with Gasteiger partial charge in [0.15, 0.2) is 0 Å². The Morgan fingerprint density at radius 2 is 1.66 bits per heavy atom. The third-order valence-corrected chi connectivity index (χ3v) is 10.7. The molecule has 0 aromatic heterocycles. The zero-order valence-corrected chi connectivity index (χ0v) is 18.8. The van der Waals surface area contributed by atoms with Crippen molar-refractivity contribution in [2.75, 3.05) is 0 Å². The number of hydrogen-bond donors (Lipinski definition) is 3. The smallest absolute Gasteiger partial charge is 0.303 e. The van der Waals surface area contributed by atoms with Gasteiger partial charge in [-0.25, -0.2) is 0 Å². The number of carboxylic acid groups (broad SMARTS) is 1. The van der Waals surface area contributed by atoms with Crippen LogP contribution in [0.1, 0.15) is 85.5 Å². The molecule has 4 fully saturated rings. The van der Waals surface area contributed by atoms with Crippen LogP contribution in [0.3, 0.4) is 0 Å². The van der Waals surface area contributed by atoms with E-state index in [-0.39, 0.29) is 35.4 Å². The fraction of sp³-hybridized carbons (Fsp3) is 0.960. The maximum Gasteiger partial charge on any atom is 0.303 e. The molecular formula is C25H42O4. The lowest BCUT2D eigenvalue weighted by Gasteiger charge is -2.64. The summed E-state index contributed by atoms with van der Waals surface area (Å²) in [5.41, 5.74) is 0.480. The first-order valence-electron chi connectivity index (χ1n) is 12.2. The third-order valence-electron chi connectivity index (χ3n) is 10.7. The lowest BCUT2D eigenvalue weighted by atomic mass is 9.42. The molecule has 5 unspecified atom stereocenters. The molecule has 0 spiro atoms. The Kier molecular flexibility index (Phi) is 5.60. The van der Waals surface area contributed by atoms with Gasteiger partial charge in [-0.15, -0.1) is 0 Å². The Morgan fingerprint density at radius 1 is 1.00 bits per heavy atom. The molecule has 4 aliphatic rings. The van der Waals surface area contributed by atoms with Crippen LogP contribution < -0.4 is 0 Å². The Bertz CT molecular complexity index is 634. The molecule has 4 heteroatoms. The first-order valence-corrected chi connectivity index (χ1v) is 12.2. The standard InChI is InChI=1S/C25H42O4/c1-14(5-8-21(27)28)17-6-7-18-22-19(10-12-24(17,18)3)25(4)11-9-16(26)13-20(25)15(2)23(22)29/h14-20,22-23,26,29H,5-13H2,1-4H3,(H,27,28)/t14-,15-,16-,17?,18?,19?,20?,22?,23-,24-,25-/m1/s1. The predicted molar refractivity (Wildman–Crippen MR) is 113 cm³/mol. The summed E-state index contributed by atoms with van der Waals surface area (Å²) < 4.78 is 0. The highest BCUT2D eigenvalue weighted by Crippen LogP contribution is 2.69. The number of aliphatic hydroxyl groups is 2. The molecule has 0 aliphatic heterocycles. The summed E-state index contributed by atoms with van der Waals surface area (Å²) in [7, 11) is 0. The molecule has 4 aliphatic carbocycles. The second-order valence-corrected chi connectivity index (χ2v) is 11.8. The van der Waals surface area contributed by atoms with Gasteiger partial charge in [0.05, 0.1) is 12.2 Å². The van der Waals surface area contributed by atoms with E-state index in [1.54, 1.807) is 0 Å². The van der Waals surface area contributed by atoms with Crippen molar-refractivity contribution in [1.82, 2.24) is 0 Å². The molecule has 3 N–H and O–H groups in total. The molecule has 4 rings (SSSR count). The van der Waals surface area contributed by atoms with Gasteiger partial charge in [-0.1, -0.05) is 27.7 Å². The van der Waals surface area contributed by atoms with Crippen LogP contribution >= 0.6 is 0 Å². The van der Waals surface area contributed by atoms with E-state index in [1.165, 1.54) is 25.7 Å². The lowest BCUT2D eigenvalue weighted by molar-refractivity contribution is -0.199. The van der Waals surface area contributed by atoms with Gasteiger partial charge in [-0.3, -0.25) is 4.79 Å². The van der Waals surface area contributed by atoms with Gasteiger partial charge in [0, 0.05) is 6.42 Å². The number of carbonyl (C=O) groups is 1. The van der Waals surface area contributed by atoms with Gasteiger partial charge in [0.2, 0.25) is 0 Å². The zero-order chi connectivity index (χ0) is 21.1. The second kappa shape index (κ2) is 7.51. The highest BCUT2D eigenvalue weighted by atomic mass is 16.4. The third kappa shape index (κ3) is 3.28. The summed E-state index contributed by atoms with van der Waals surface area (Å²) in [6.07, 6.45) is 8.22. The lowest BCUT2D eigenvalue weighted by Crippen LogP contribution is -2.61. The summed E-state index contributed by atoms with van der Waals surface area (Å²) in [6.45, 7) is 9.41. The molecule has 0 bridgehead atoms. The van der Waals surface area contributed by atoms with E-state index in [1.807, 2.05) is 0 Å². The molecule has 0 aromatic carbocycles. The van der Waals surface area contributed by atoms with Crippen molar-refractivity contribution < 1.29 is 20.1 Å². The quantitative estimate of drug-likeness (QED) is 0.631. The number of aliphatic carboxylic acids is 1. The minimum atomic E-state index is -0.685. The molecule has 0 radical (unpaired) electrons. The maximum atomic E-state index is 11.5. The first-order chi connectivity index (χ1) is 13.6. The van der Waals surface area contributed by atoms with E-state index < -0.39 is 5.97 Å². The SMILES string of the molecule is C[C@H](CCC(=O)O)C1CCC2C3C(CC[C@@]21C)[C@@]1(C)CC[C@@H](O)CC1[C@@H](C)[C@H]3O. The number of hydrogen-bond acceptors (Lipinski definition) is 3. The molecule has 11 atom stereocenters. The monoisotopic (exact) mass is 406 g/mol. The summed E-state index contributed by atoms with van der Waals surface area (Å²) >= 11 is 0. The Hall–Kier alpha value is -0.610. The van der Waals surface area contributed by atoms with Gasteiger partial charge < -0.3 is 15.3 Å². The Labute approximate surface area is 176 Å². The van der Waals surface area contributed by atoms with Crippen molar-refractivity contribution in [3.63, 3.8) is 0 Å². The fourth-order valence-corrected chi connectivity index (χ4v) is 9.18.